The van der Waals surface area contributed by atoms with Gasteiger partial charge in [-0.2, -0.15) is 0 Å². The number of nitrogens with two attached hydrogens (primary N) is 1. The van der Waals surface area contributed by atoms with Crippen LogP contribution in [-0.4, -0.2) is 15.4 Å². The highest BCUT2D eigenvalue weighted by atomic mass is 16.5. The molecule has 0 spiro atoms. The maximum Gasteiger partial charge on any atom is 0.242 e. The number of ether oxygens (including phenoxy) is 1. The first-order valence-electron chi connectivity index (χ1n) is 4.03. The van der Waals surface area contributed by atoms with Gasteiger partial charge in [0.1, 0.15) is 0 Å². The van der Waals surface area contributed by atoms with Gasteiger partial charge in [-0.05, 0) is 17.3 Å². The summed E-state index contributed by atoms with van der Waals surface area (Å²) in [5, 5.41) is 10.7. The second-order valence-corrected chi connectivity index (χ2v) is 2.60. The summed E-state index contributed by atoms with van der Waals surface area (Å²) in [6, 6.07) is 8.79. The van der Waals surface area contributed by atoms with Crippen LogP contribution in [0.3, 0.4) is 0 Å². The van der Waals surface area contributed by atoms with Crippen molar-refractivity contribution in [3.05, 3.63) is 36.5 Å². The van der Waals surface area contributed by atoms with E-state index in [2.05, 4.69) is 15.4 Å². The predicted molar refractivity (Wildman–Crippen MR) is 50.8 cm³/mol. The molecule has 70 valence electrons. The van der Waals surface area contributed by atoms with Crippen molar-refractivity contribution in [2.45, 2.75) is 0 Å². The van der Waals surface area contributed by atoms with E-state index in [-0.39, 0.29) is 0 Å². The second-order valence-electron chi connectivity index (χ2n) is 2.60. The Labute approximate surface area is 80.5 Å². The van der Waals surface area contributed by atoms with Gasteiger partial charge in [0.05, 0.1) is 11.9 Å². The lowest BCUT2D eigenvalue weighted by molar-refractivity contribution is 0.452. The van der Waals surface area contributed by atoms with Crippen LogP contribution >= 0.6 is 0 Å². The second kappa shape index (κ2) is 3.69. The molecule has 0 unspecified atom stereocenters. The SMILES string of the molecule is Nc1ccccc1Oc1ccnnn1. The Morgan fingerprint density at radius 2 is 2.00 bits per heavy atom. The molecule has 0 amide bonds. The van der Waals surface area contributed by atoms with Crippen molar-refractivity contribution in [3.8, 4) is 11.6 Å². The Bertz CT molecular complexity index is 418. The summed E-state index contributed by atoms with van der Waals surface area (Å²) in [5.41, 5.74) is 6.24. The van der Waals surface area contributed by atoms with E-state index in [0.717, 1.165) is 0 Å². The maximum absolute atomic E-state index is 5.68. The van der Waals surface area contributed by atoms with Gasteiger partial charge in [0.25, 0.3) is 0 Å². The molecule has 5 heteroatoms. The molecule has 1 aromatic carbocycles. The summed E-state index contributed by atoms with van der Waals surface area (Å²) in [7, 11) is 0. The van der Waals surface area contributed by atoms with Crippen LogP contribution in [-0.2, 0) is 0 Å². The lowest BCUT2D eigenvalue weighted by Crippen LogP contribution is -1.94. The van der Waals surface area contributed by atoms with Crippen LogP contribution in [0.15, 0.2) is 36.5 Å². The van der Waals surface area contributed by atoms with Crippen LogP contribution in [0.1, 0.15) is 0 Å². The van der Waals surface area contributed by atoms with Crippen molar-refractivity contribution >= 4 is 5.69 Å². The zero-order valence-electron chi connectivity index (χ0n) is 7.29. The molecule has 2 rings (SSSR count). The zero-order chi connectivity index (χ0) is 9.80. The van der Waals surface area contributed by atoms with E-state index < -0.39 is 0 Å². The van der Waals surface area contributed by atoms with Crippen LogP contribution in [0.4, 0.5) is 5.69 Å². The molecule has 5 nitrogen and oxygen atoms in total. The summed E-state index contributed by atoms with van der Waals surface area (Å²) in [4.78, 5) is 0. The molecule has 0 saturated heterocycles. The molecular formula is C9H8N4O. The van der Waals surface area contributed by atoms with Gasteiger partial charge in [0.15, 0.2) is 5.75 Å². The average molecular weight is 188 g/mol. The summed E-state index contributed by atoms with van der Waals surface area (Å²) in [6.45, 7) is 0. The van der Waals surface area contributed by atoms with E-state index in [1.165, 1.54) is 6.20 Å². The molecule has 0 aliphatic heterocycles. The Balaban J connectivity index is 2.24. The number of nitrogen functional groups attached to an aromatic ring is 1. The molecule has 14 heavy (non-hydrogen) atoms. The van der Waals surface area contributed by atoms with E-state index in [9.17, 15) is 0 Å². The van der Waals surface area contributed by atoms with Gasteiger partial charge in [0.2, 0.25) is 5.88 Å². The number of nitrogens with zero attached hydrogens (tertiary/aromatic N) is 3. The zero-order valence-corrected chi connectivity index (χ0v) is 7.29. The number of rotatable bonds is 2. The Morgan fingerprint density at radius 3 is 2.71 bits per heavy atom. The molecule has 1 aromatic heterocycles. The summed E-state index contributed by atoms with van der Waals surface area (Å²) >= 11 is 0. The number of benzene rings is 1. The third-order valence-electron chi connectivity index (χ3n) is 1.61. The quantitative estimate of drug-likeness (QED) is 0.718. The molecular weight excluding hydrogens is 180 g/mol. The van der Waals surface area contributed by atoms with Gasteiger partial charge in [0, 0.05) is 6.07 Å². The van der Waals surface area contributed by atoms with E-state index in [0.29, 0.717) is 17.3 Å². The lowest BCUT2D eigenvalue weighted by Gasteiger charge is -2.04. The first kappa shape index (κ1) is 8.43. The number of anilines is 1. The third-order valence-corrected chi connectivity index (χ3v) is 1.61. The summed E-state index contributed by atoms with van der Waals surface area (Å²) < 4.78 is 5.37. The van der Waals surface area contributed by atoms with Crippen LogP contribution in [0.25, 0.3) is 0 Å². The van der Waals surface area contributed by atoms with Crippen molar-refractivity contribution in [1.29, 1.82) is 0 Å². The highest BCUT2D eigenvalue weighted by Crippen LogP contribution is 2.24. The fraction of sp³-hybridized carbons (Fsp3) is 0. The van der Waals surface area contributed by atoms with Gasteiger partial charge >= 0.3 is 0 Å². The Kier molecular flexibility index (Phi) is 2.22. The van der Waals surface area contributed by atoms with Gasteiger partial charge < -0.3 is 10.5 Å². The van der Waals surface area contributed by atoms with Crippen molar-refractivity contribution in [3.63, 3.8) is 0 Å². The highest BCUT2D eigenvalue weighted by molar-refractivity contribution is 5.52. The van der Waals surface area contributed by atoms with Gasteiger partial charge in [-0.25, -0.2) is 0 Å². The number of para-hydroxylation sites is 2. The first-order valence-corrected chi connectivity index (χ1v) is 4.03. The van der Waals surface area contributed by atoms with Gasteiger partial charge in [-0.3, -0.25) is 0 Å². The third kappa shape index (κ3) is 1.77. The van der Waals surface area contributed by atoms with Crippen LogP contribution in [0.5, 0.6) is 11.6 Å². The molecule has 0 aliphatic rings. The Morgan fingerprint density at radius 1 is 1.14 bits per heavy atom. The Hall–Kier alpha value is -2.17. The van der Waals surface area contributed by atoms with E-state index in [1.807, 2.05) is 12.1 Å². The van der Waals surface area contributed by atoms with Crippen molar-refractivity contribution in [2.24, 2.45) is 0 Å². The molecule has 1 heterocycles. The molecule has 0 radical (unpaired) electrons. The monoisotopic (exact) mass is 188 g/mol. The summed E-state index contributed by atoms with van der Waals surface area (Å²) in [6.07, 6.45) is 1.50. The average Bonchev–Trinajstić information content (AvgIpc) is 2.23. The normalized spacial score (nSPS) is 9.71. The molecule has 2 aromatic rings. The van der Waals surface area contributed by atoms with E-state index in [4.69, 9.17) is 10.5 Å². The molecule has 2 N–H and O–H groups in total. The minimum Gasteiger partial charge on any atom is -0.435 e. The molecule has 0 bridgehead atoms. The highest BCUT2D eigenvalue weighted by Gasteiger charge is 2.00. The number of hydrogen-bond acceptors (Lipinski definition) is 5. The fourth-order valence-corrected chi connectivity index (χ4v) is 0.971. The smallest absolute Gasteiger partial charge is 0.242 e. The first-order chi connectivity index (χ1) is 6.86. The number of hydrogen-bond donors (Lipinski definition) is 1. The molecule has 0 atom stereocenters. The van der Waals surface area contributed by atoms with Crippen molar-refractivity contribution < 1.29 is 4.74 Å². The number of aromatic nitrogens is 3. The van der Waals surface area contributed by atoms with E-state index in [1.54, 1.807) is 18.2 Å². The van der Waals surface area contributed by atoms with E-state index >= 15 is 0 Å². The van der Waals surface area contributed by atoms with Crippen LogP contribution in [0, 0.1) is 0 Å². The standard InChI is InChI=1S/C9H8N4O/c10-7-3-1-2-4-8(7)14-9-5-6-11-13-12-9/h1-6H,10H2. The van der Waals surface area contributed by atoms with Crippen molar-refractivity contribution in [1.82, 2.24) is 15.4 Å². The van der Waals surface area contributed by atoms with Crippen LogP contribution < -0.4 is 10.5 Å². The fourth-order valence-electron chi connectivity index (χ4n) is 0.971. The molecule has 0 fully saturated rings. The van der Waals surface area contributed by atoms with Gasteiger partial charge in [-0.1, -0.05) is 17.2 Å². The van der Waals surface area contributed by atoms with Crippen molar-refractivity contribution in [2.75, 3.05) is 5.73 Å². The largest absolute Gasteiger partial charge is 0.435 e. The summed E-state index contributed by atoms with van der Waals surface area (Å²) in [5.74, 6) is 0.936. The predicted octanol–water partition coefficient (Wildman–Crippen LogP) is 1.25. The molecule has 0 aliphatic carbocycles. The minimum atomic E-state index is 0.373. The topological polar surface area (TPSA) is 73.9 Å². The minimum absolute atomic E-state index is 0.373. The lowest BCUT2D eigenvalue weighted by atomic mass is 10.3. The molecule has 0 saturated carbocycles. The van der Waals surface area contributed by atoms with Gasteiger partial charge in [-0.15, -0.1) is 5.10 Å². The maximum atomic E-state index is 5.68. The van der Waals surface area contributed by atoms with Crippen LogP contribution in [0.2, 0.25) is 0 Å².